The van der Waals surface area contributed by atoms with Gasteiger partial charge in [0.05, 0.1) is 6.04 Å². The van der Waals surface area contributed by atoms with Gasteiger partial charge in [-0.3, -0.25) is 4.90 Å². The van der Waals surface area contributed by atoms with E-state index < -0.39 is 18.2 Å². The number of hydrogen-bond acceptors (Lipinski definition) is 6. The fourth-order valence-electron chi connectivity index (χ4n) is 3.35. The molecule has 0 amide bonds. The van der Waals surface area contributed by atoms with E-state index in [1.807, 2.05) is 11.9 Å². The number of aliphatic hydroxyl groups excluding tert-OH is 1. The normalized spacial score (nSPS) is 34.2. The maximum Gasteiger partial charge on any atom is 0.333 e. The predicted octanol–water partition coefficient (Wildman–Crippen LogP) is 1.58. The maximum atomic E-state index is 12.0. The van der Waals surface area contributed by atoms with Crippen LogP contribution in [0.5, 0.6) is 0 Å². The van der Waals surface area contributed by atoms with Crippen LogP contribution in [0.2, 0.25) is 0 Å². The van der Waals surface area contributed by atoms with Gasteiger partial charge in [0.2, 0.25) is 0 Å². The summed E-state index contributed by atoms with van der Waals surface area (Å²) in [5.74, 6) is -0.750. The summed E-state index contributed by atoms with van der Waals surface area (Å²) >= 11 is 0. The number of fused-ring (bicyclic) bond motifs is 2. The molecule has 6 heteroatoms. The SMILES string of the molecule is C/C=C(\C)C(=O)O[C@@H]1C[C@@H]2[C@@H](OC(=O)/C(C)=C/C)[C@@H](O)[C@H](C1)N2C. The van der Waals surface area contributed by atoms with Gasteiger partial charge < -0.3 is 14.6 Å². The first kappa shape index (κ1) is 18.7. The molecule has 134 valence electrons. The minimum Gasteiger partial charge on any atom is -0.459 e. The maximum absolute atomic E-state index is 12.0. The lowest BCUT2D eigenvalue weighted by Gasteiger charge is -2.36. The zero-order chi connectivity index (χ0) is 18.0. The average Bonchev–Trinajstić information content (AvgIpc) is 2.70. The first-order chi connectivity index (χ1) is 11.3. The zero-order valence-corrected chi connectivity index (χ0v) is 15.0. The largest absolute Gasteiger partial charge is 0.459 e. The van der Waals surface area contributed by atoms with Gasteiger partial charge >= 0.3 is 11.9 Å². The summed E-state index contributed by atoms with van der Waals surface area (Å²) < 4.78 is 11.1. The van der Waals surface area contributed by atoms with Crippen LogP contribution < -0.4 is 0 Å². The van der Waals surface area contributed by atoms with E-state index in [0.29, 0.717) is 24.0 Å². The van der Waals surface area contributed by atoms with Crippen LogP contribution in [0.3, 0.4) is 0 Å². The van der Waals surface area contributed by atoms with E-state index in [2.05, 4.69) is 0 Å². The molecule has 2 aliphatic heterocycles. The Bertz CT molecular complexity index is 568. The average molecular weight is 337 g/mol. The molecule has 0 aromatic rings. The molecule has 2 fully saturated rings. The molecule has 2 saturated heterocycles. The van der Waals surface area contributed by atoms with Crippen LogP contribution in [-0.4, -0.2) is 59.4 Å². The topological polar surface area (TPSA) is 76.1 Å². The van der Waals surface area contributed by atoms with E-state index in [1.54, 1.807) is 39.8 Å². The van der Waals surface area contributed by atoms with Crippen molar-refractivity contribution in [3.8, 4) is 0 Å². The monoisotopic (exact) mass is 337 g/mol. The van der Waals surface area contributed by atoms with Gasteiger partial charge in [0.1, 0.15) is 18.3 Å². The van der Waals surface area contributed by atoms with Gasteiger partial charge in [-0.15, -0.1) is 0 Å². The number of nitrogens with zero attached hydrogens (tertiary/aromatic N) is 1. The fourth-order valence-corrected chi connectivity index (χ4v) is 3.35. The smallest absolute Gasteiger partial charge is 0.333 e. The number of carbonyl (C=O) groups excluding carboxylic acids is 2. The molecule has 24 heavy (non-hydrogen) atoms. The number of esters is 2. The van der Waals surface area contributed by atoms with E-state index in [1.165, 1.54) is 0 Å². The Labute approximate surface area is 143 Å². The molecule has 0 aliphatic carbocycles. The molecule has 0 aromatic heterocycles. The fraction of sp³-hybridized carbons (Fsp3) is 0.667. The summed E-state index contributed by atoms with van der Waals surface area (Å²) in [6.07, 6.45) is 2.82. The summed E-state index contributed by atoms with van der Waals surface area (Å²) in [4.78, 5) is 26.0. The number of carbonyl (C=O) groups is 2. The standard InChI is InChI=1S/C18H27NO5/c1-6-10(3)17(21)23-12-8-13-15(20)16(14(9-12)19(13)5)24-18(22)11(4)7-2/h6-7,12-16,20H,8-9H2,1-5H3/b10-6+,11-7+/t12-,13-,14+,15-,16+/m0/s1. The highest BCUT2D eigenvalue weighted by molar-refractivity contribution is 5.88. The van der Waals surface area contributed by atoms with Gasteiger partial charge in [0.25, 0.3) is 0 Å². The number of aliphatic hydroxyl groups is 1. The lowest BCUT2D eigenvalue weighted by molar-refractivity contribution is -0.152. The third kappa shape index (κ3) is 3.54. The number of rotatable bonds is 4. The molecule has 2 bridgehead atoms. The highest BCUT2D eigenvalue weighted by Crippen LogP contribution is 2.38. The van der Waals surface area contributed by atoms with Crippen LogP contribution in [0.25, 0.3) is 0 Å². The van der Waals surface area contributed by atoms with Crippen LogP contribution in [-0.2, 0) is 19.1 Å². The van der Waals surface area contributed by atoms with Gasteiger partial charge in [-0.05, 0) is 34.7 Å². The highest BCUT2D eigenvalue weighted by Gasteiger charge is 2.53. The molecule has 6 nitrogen and oxygen atoms in total. The van der Waals surface area contributed by atoms with Crippen LogP contribution in [0.15, 0.2) is 23.3 Å². The molecule has 2 aliphatic rings. The van der Waals surface area contributed by atoms with Crippen molar-refractivity contribution in [3.05, 3.63) is 23.3 Å². The van der Waals surface area contributed by atoms with E-state index in [4.69, 9.17) is 9.47 Å². The first-order valence-electron chi connectivity index (χ1n) is 8.37. The lowest BCUT2D eigenvalue weighted by atomic mass is 10.00. The van der Waals surface area contributed by atoms with Crippen LogP contribution >= 0.6 is 0 Å². The first-order valence-corrected chi connectivity index (χ1v) is 8.37. The van der Waals surface area contributed by atoms with Crippen molar-refractivity contribution in [2.24, 2.45) is 0 Å². The third-order valence-corrected chi connectivity index (χ3v) is 5.19. The molecule has 1 N–H and O–H groups in total. The molecule has 2 rings (SSSR count). The Balaban J connectivity index is 2.09. The van der Waals surface area contributed by atoms with Gasteiger partial charge in [-0.25, -0.2) is 9.59 Å². The lowest BCUT2D eigenvalue weighted by Crippen LogP contribution is -2.46. The van der Waals surface area contributed by atoms with Crippen LogP contribution in [0.4, 0.5) is 0 Å². The molecule has 0 aromatic carbocycles. The number of likely N-dealkylation sites (N-methyl/N-ethyl adjacent to an activating group) is 1. The summed E-state index contributed by atoms with van der Waals surface area (Å²) in [5, 5.41) is 10.5. The Morgan fingerprint density at radius 2 is 1.50 bits per heavy atom. The second-order valence-corrected chi connectivity index (χ2v) is 6.60. The van der Waals surface area contributed by atoms with Crippen LogP contribution in [0, 0.1) is 0 Å². The Kier molecular flexibility index (Phi) is 5.83. The summed E-state index contributed by atoms with van der Waals surface area (Å²) in [5.41, 5.74) is 1.08. The van der Waals surface area contributed by atoms with Crippen molar-refractivity contribution >= 4 is 11.9 Å². The Morgan fingerprint density at radius 1 is 1.00 bits per heavy atom. The summed E-state index contributed by atoms with van der Waals surface area (Å²) in [6.45, 7) is 6.96. The van der Waals surface area contributed by atoms with Crippen molar-refractivity contribution in [2.75, 3.05) is 7.05 Å². The molecule has 0 spiro atoms. The number of allylic oxidation sites excluding steroid dienone is 2. The Morgan fingerprint density at radius 3 is 2.04 bits per heavy atom. The third-order valence-electron chi connectivity index (χ3n) is 5.19. The minimum atomic E-state index is -0.778. The Hall–Kier alpha value is -1.66. The van der Waals surface area contributed by atoms with Crippen molar-refractivity contribution < 1.29 is 24.2 Å². The number of hydrogen-bond donors (Lipinski definition) is 1. The predicted molar refractivity (Wildman–Crippen MR) is 89.2 cm³/mol. The van der Waals surface area contributed by atoms with Crippen molar-refractivity contribution in [1.82, 2.24) is 4.90 Å². The zero-order valence-electron chi connectivity index (χ0n) is 15.0. The quantitative estimate of drug-likeness (QED) is 0.620. The minimum absolute atomic E-state index is 0.156. The molecular formula is C18H27NO5. The van der Waals surface area contributed by atoms with Gasteiger partial charge in [0.15, 0.2) is 0 Å². The highest BCUT2D eigenvalue weighted by atomic mass is 16.6. The molecule has 0 radical (unpaired) electrons. The molecule has 5 atom stereocenters. The summed E-state index contributed by atoms with van der Waals surface area (Å²) in [7, 11) is 1.91. The molecule has 2 heterocycles. The molecule has 0 saturated carbocycles. The van der Waals surface area contributed by atoms with E-state index in [9.17, 15) is 14.7 Å². The number of piperidine rings is 1. The van der Waals surface area contributed by atoms with Gasteiger partial charge in [0, 0.05) is 30.0 Å². The van der Waals surface area contributed by atoms with Crippen LogP contribution in [0.1, 0.15) is 40.5 Å². The van der Waals surface area contributed by atoms with Gasteiger partial charge in [-0.1, -0.05) is 12.2 Å². The molecule has 0 unspecified atom stereocenters. The van der Waals surface area contributed by atoms with Crippen molar-refractivity contribution in [2.45, 2.75) is 70.9 Å². The summed E-state index contributed by atoms with van der Waals surface area (Å²) in [6, 6.07) is -0.341. The number of ether oxygens (including phenoxy) is 2. The van der Waals surface area contributed by atoms with E-state index in [-0.39, 0.29) is 24.2 Å². The van der Waals surface area contributed by atoms with Gasteiger partial charge in [-0.2, -0.15) is 0 Å². The van der Waals surface area contributed by atoms with E-state index in [0.717, 1.165) is 0 Å². The van der Waals surface area contributed by atoms with E-state index >= 15 is 0 Å². The van der Waals surface area contributed by atoms with Crippen molar-refractivity contribution in [1.29, 1.82) is 0 Å². The van der Waals surface area contributed by atoms with Crippen molar-refractivity contribution in [3.63, 3.8) is 0 Å². The second kappa shape index (κ2) is 7.49. The second-order valence-electron chi connectivity index (χ2n) is 6.60. The molecular weight excluding hydrogens is 310 g/mol.